The van der Waals surface area contributed by atoms with E-state index in [1.54, 1.807) is 0 Å². The highest BCUT2D eigenvalue weighted by atomic mass is 28.3. The summed E-state index contributed by atoms with van der Waals surface area (Å²) in [6, 6.07) is 101. The van der Waals surface area contributed by atoms with Gasteiger partial charge in [-0.25, -0.2) is 0 Å². The normalized spacial score (nSPS) is 14.3. The largest absolute Gasteiger partial charge is 0.453 e. The summed E-state index contributed by atoms with van der Waals surface area (Å²) in [6.45, 7) is 8.77. The van der Waals surface area contributed by atoms with E-state index in [0.717, 1.165) is 57.1 Å². The molecule has 4 heterocycles. The molecule has 0 amide bonds. The number of rotatable bonds is 6. The van der Waals surface area contributed by atoms with Gasteiger partial charge in [-0.05, 0) is 220 Å². The van der Waals surface area contributed by atoms with E-state index in [-0.39, 0.29) is 0 Å². The second-order valence-corrected chi connectivity index (χ2v) is 30.8. The maximum absolute atomic E-state index is 7.10. The van der Waals surface area contributed by atoms with E-state index in [4.69, 9.17) is 9.47 Å². The van der Waals surface area contributed by atoms with Gasteiger partial charge in [-0.2, -0.15) is 0 Å². The third-order valence-corrected chi connectivity index (χ3v) is 28.6. The first-order chi connectivity index (χ1) is 41.2. The van der Waals surface area contributed by atoms with E-state index < -0.39 is 16.1 Å². The van der Waals surface area contributed by atoms with Gasteiger partial charge in [0.05, 0.1) is 22.7 Å². The number of benzene rings is 13. The number of nitrogens with zero attached hydrogens (tertiary/aromatic N) is 2. The van der Waals surface area contributed by atoms with Crippen LogP contribution < -0.4 is 60.8 Å². The van der Waals surface area contributed by atoms with Gasteiger partial charge in [0, 0.05) is 11.4 Å². The van der Waals surface area contributed by atoms with Crippen LogP contribution in [-0.2, 0) is 0 Å². The molecule has 0 spiro atoms. The second kappa shape index (κ2) is 18.3. The zero-order valence-electron chi connectivity index (χ0n) is 47.1. The van der Waals surface area contributed by atoms with Crippen LogP contribution in [0.15, 0.2) is 267 Å². The smallest absolute Gasteiger partial charge is 0.180 e. The predicted molar refractivity (Wildman–Crippen MR) is 355 cm³/mol. The fraction of sp³-hybridized carbons (Fsp3) is 0.0513. The van der Waals surface area contributed by atoms with E-state index in [9.17, 15) is 0 Å². The highest BCUT2D eigenvalue weighted by Crippen LogP contribution is 2.55. The van der Waals surface area contributed by atoms with Crippen LogP contribution in [0.4, 0.5) is 34.1 Å². The van der Waals surface area contributed by atoms with Crippen molar-refractivity contribution >= 4 is 113 Å². The molecule has 4 aliphatic rings. The Balaban J connectivity index is 0.829. The molecule has 4 nitrogen and oxygen atoms in total. The summed E-state index contributed by atoms with van der Waals surface area (Å²) < 4.78 is 14.2. The lowest BCUT2D eigenvalue weighted by molar-refractivity contribution is 0.476. The van der Waals surface area contributed by atoms with Gasteiger partial charge in [0.1, 0.15) is 0 Å². The van der Waals surface area contributed by atoms with Gasteiger partial charge in [-0.1, -0.05) is 182 Å². The molecule has 0 aliphatic carbocycles. The summed E-state index contributed by atoms with van der Waals surface area (Å²) in [4.78, 5) is 4.93. The van der Waals surface area contributed by atoms with Crippen molar-refractivity contribution in [2.45, 2.75) is 27.7 Å². The number of anilines is 6. The molecule has 4 aliphatic heterocycles. The Morgan fingerprint density at radius 2 is 0.571 bits per heavy atom. The summed E-state index contributed by atoms with van der Waals surface area (Å²) in [5.41, 5.74) is 16.2. The summed E-state index contributed by atoms with van der Waals surface area (Å²) in [5.74, 6) is 3.43. The van der Waals surface area contributed by atoms with E-state index >= 15 is 0 Å². The molecule has 0 bridgehead atoms. The Morgan fingerprint density at radius 1 is 0.250 bits per heavy atom. The standard InChI is InChI=1S/C78H56N2O2Si2/c1-49-37-67-71(39-51(49)3)81-73-45-65-63-29-17-19-31-75(63)83(59-21-9-5-10-22-59,60-23-11-6-12-24-60)77(65)47-69(73)79(67)57-35-33-53-42-56-44-58(36-34-54(56)41-55(53)43-57)80-68-38-50(2)52(4)40-72(68)82-74-46-66-64-30-18-20-32-76(64)84(78(66)48-70(74)80,61-25-13-7-14-26-61)62-27-15-8-16-28-62/h5-48H,1-4H3. The first-order valence-corrected chi connectivity index (χ1v) is 33.2. The van der Waals surface area contributed by atoms with Crippen molar-refractivity contribution in [1.82, 2.24) is 0 Å². The van der Waals surface area contributed by atoms with Crippen LogP contribution in [0.25, 0.3) is 43.8 Å². The quantitative estimate of drug-likeness (QED) is 0.122. The van der Waals surface area contributed by atoms with Gasteiger partial charge in [-0.3, -0.25) is 0 Å². The van der Waals surface area contributed by atoms with E-state index in [1.807, 2.05) is 0 Å². The van der Waals surface area contributed by atoms with Crippen molar-refractivity contribution in [2.24, 2.45) is 0 Å². The lowest BCUT2D eigenvalue weighted by atomic mass is 9.99. The second-order valence-electron chi connectivity index (χ2n) is 23.4. The van der Waals surface area contributed by atoms with Crippen molar-refractivity contribution in [3.63, 3.8) is 0 Å². The molecule has 0 N–H and O–H groups in total. The third-order valence-electron chi connectivity index (χ3n) is 18.9. The van der Waals surface area contributed by atoms with E-state index in [0.29, 0.717) is 0 Å². The molecule has 84 heavy (non-hydrogen) atoms. The molecular formula is C78H56N2O2Si2. The van der Waals surface area contributed by atoms with Crippen molar-refractivity contribution in [2.75, 3.05) is 9.80 Å². The minimum absolute atomic E-state index is 0.857. The lowest BCUT2D eigenvalue weighted by Gasteiger charge is -2.36. The third kappa shape index (κ3) is 6.86. The molecule has 13 aromatic carbocycles. The fourth-order valence-corrected chi connectivity index (χ4v) is 25.2. The first-order valence-electron chi connectivity index (χ1n) is 29.2. The first kappa shape index (κ1) is 48.7. The molecule has 0 unspecified atom stereocenters. The zero-order chi connectivity index (χ0) is 56.0. The minimum atomic E-state index is -2.81. The molecule has 0 atom stereocenters. The summed E-state index contributed by atoms with van der Waals surface area (Å²) in [5, 5.41) is 15.7. The number of fused-ring (bicyclic) bond motifs is 12. The van der Waals surface area contributed by atoms with Gasteiger partial charge >= 0.3 is 0 Å². The van der Waals surface area contributed by atoms with Crippen LogP contribution in [0.1, 0.15) is 22.3 Å². The van der Waals surface area contributed by atoms with Gasteiger partial charge in [-0.15, -0.1) is 0 Å². The molecule has 0 saturated carbocycles. The maximum Gasteiger partial charge on any atom is 0.180 e. The molecule has 0 aromatic heterocycles. The molecule has 6 heteroatoms. The number of ether oxygens (including phenoxy) is 2. The van der Waals surface area contributed by atoms with Crippen LogP contribution in [-0.4, -0.2) is 16.1 Å². The topological polar surface area (TPSA) is 24.9 Å². The van der Waals surface area contributed by atoms with Crippen molar-refractivity contribution in [3.05, 3.63) is 289 Å². The summed E-state index contributed by atoms with van der Waals surface area (Å²) >= 11 is 0. The highest BCUT2D eigenvalue weighted by Gasteiger charge is 2.51. The minimum Gasteiger partial charge on any atom is -0.453 e. The Hall–Kier alpha value is -9.99. The zero-order valence-corrected chi connectivity index (χ0v) is 49.1. The monoisotopic (exact) mass is 1110 g/mol. The van der Waals surface area contributed by atoms with Crippen molar-refractivity contribution in [3.8, 4) is 45.3 Å². The lowest BCUT2D eigenvalue weighted by Crippen LogP contribution is -2.72. The SMILES string of the molecule is Cc1cc2c(cc1C)N(c1ccc3cc4cc(N5c6cc(C)c(C)cc6Oc6cc7c(cc65)[Si](c5ccccc5)(c5ccccc5)c5ccccc5-7)ccc4cc3c1)c1cc3c(cc1O2)-c1ccccc1[Si]3(c1ccccc1)c1ccccc1. The maximum atomic E-state index is 7.10. The molecule has 0 radical (unpaired) electrons. The molecular weight excluding hydrogens is 1050 g/mol. The van der Waals surface area contributed by atoms with Crippen LogP contribution in [0.5, 0.6) is 23.0 Å². The average molecular weight is 1110 g/mol. The fourth-order valence-electron chi connectivity index (χ4n) is 14.8. The van der Waals surface area contributed by atoms with Crippen molar-refractivity contribution < 1.29 is 9.47 Å². The van der Waals surface area contributed by atoms with Gasteiger partial charge in [0.15, 0.2) is 39.1 Å². The van der Waals surface area contributed by atoms with E-state index in [1.165, 1.54) is 108 Å². The number of hydrogen-bond donors (Lipinski definition) is 0. The Labute approximate surface area is 491 Å². The average Bonchev–Trinajstić information content (AvgIpc) is 1.55. The van der Waals surface area contributed by atoms with Gasteiger partial charge in [0.2, 0.25) is 0 Å². The predicted octanol–water partition coefficient (Wildman–Crippen LogP) is 15.1. The Kier molecular flexibility index (Phi) is 10.6. The van der Waals surface area contributed by atoms with Crippen molar-refractivity contribution in [1.29, 1.82) is 0 Å². The van der Waals surface area contributed by atoms with Crippen LogP contribution >= 0.6 is 0 Å². The molecule has 398 valence electrons. The molecule has 13 aromatic rings. The van der Waals surface area contributed by atoms with Gasteiger partial charge < -0.3 is 19.3 Å². The van der Waals surface area contributed by atoms with Crippen LogP contribution in [0.2, 0.25) is 0 Å². The molecule has 0 saturated heterocycles. The van der Waals surface area contributed by atoms with E-state index in [2.05, 4.69) is 304 Å². The summed E-state index contributed by atoms with van der Waals surface area (Å²) in [7, 11) is -5.61. The van der Waals surface area contributed by atoms with Crippen LogP contribution in [0, 0.1) is 27.7 Å². The molecule has 17 rings (SSSR count). The molecule has 0 fully saturated rings. The Morgan fingerprint density at radius 3 is 0.952 bits per heavy atom. The van der Waals surface area contributed by atoms with Crippen LogP contribution in [0.3, 0.4) is 0 Å². The Bertz CT molecular complexity index is 4520. The number of hydrogen-bond acceptors (Lipinski definition) is 4. The highest BCUT2D eigenvalue weighted by molar-refractivity contribution is 7.23. The number of aryl methyl sites for hydroxylation is 4. The summed E-state index contributed by atoms with van der Waals surface area (Å²) in [6.07, 6.45) is 0. The van der Waals surface area contributed by atoms with Gasteiger partial charge in [0.25, 0.3) is 0 Å².